The number of halogens is 3. The average Bonchev–Trinajstić information content (AvgIpc) is 3.16. The van der Waals surface area contributed by atoms with E-state index in [0.717, 1.165) is 22.6 Å². The minimum atomic E-state index is -4.51. The van der Waals surface area contributed by atoms with E-state index in [4.69, 9.17) is 4.74 Å². The lowest BCUT2D eigenvalue weighted by Crippen LogP contribution is -2.07. The number of hydrogen-bond acceptors (Lipinski definition) is 5. The Morgan fingerprint density at radius 2 is 1.92 bits per heavy atom. The molecule has 134 valence electrons. The molecule has 0 aliphatic carbocycles. The van der Waals surface area contributed by atoms with Crippen molar-refractivity contribution in [3.05, 3.63) is 40.4 Å². The third-order valence-corrected chi connectivity index (χ3v) is 5.19. The van der Waals surface area contributed by atoms with Gasteiger partial charge in [0.15, 0.2) is 17.0 Å². The summed E-state index contributed by atoms with van der Waals surface area (Å²) in [6.07, 6.45) is -4.51. The van der Waals surface area contributed by atoms with Crippen LogP contribution < -0.4 is 4.74 Å². The Hall–Kier alpha value is -2.68. The second-order valence-corrected chi connectivity index (χ2v) is 6.77. The molecule has 5 nitrogen and oxygen atoms in total. The summed E-state index contributed by atoms with van der Waals surface area (Å²) in [5, 5.41) is 10.2. The molecule has 0 aliphatic heterocycles. The number of benzene rings is 1. The molecular formula is C17H13F3N4OS. The molecule has 0 saturated heterocycles. The fraction of sp³-hybridized carbons (Fsp3) is 0.235. The quantitative estimate of drug-likeness (QED) is 0.509. The van der Waals surface area contributed by atoms with E-state index < -0.39 is 11.7 Å². The number of aromatic nitrogens is 4. The molecule has 0 amide bonds. The molecule has 3 heterocycles. The molecule has 0 fully saturated rings. The molecule has 0 aliphatic rings. The summed E-state index contributed by atoms with van der Waals surface area (Å²) in [4.78, 5) is 5.41. The van der Waals surface area contributed by atoms with E-state index in [1.54, 1.807) is 11.3 Å². The van der Waals surface area contributed by atoms with Crippen molar-refractivity contribution in [3.8, 4) is 16.5 Å². The van der Waals surface area contributed by atoms with Gasteiger partial charge in [0.05, 0.1) is 28.8 Å². The maximum atomic E-state index is 13.4. The Kier molecular flexibility index (Phi) is 3.65. The monoisotopic (exact) mass is 378 g/mol. The first-order chi connectivity index (χ1) is 12.3. The minimum absolute atomic E-state index is 0.0180. The van der Waals surface area contributed by atoms with E-state index in [1.165, 1.54) is 18.4 Å². The van der Waals surface area contributed by atoms with Gasteiger partial charge < -0.3 is 4.74 Å². The highest BCUT2D eigenvalue weighted by Crippen LogP contribution is 2.37. The van der Waals surface area contributed by atoms with Crippen molar-refractivity contribution in [3.63, 3.8) is 0 Å². The van der Waals surface area contributed by atoms with Crippen LogP contribution in [0.1, 0.15) is 16.8 Å². The summed E-state index contributed by atoms with van der Waals surface area (Å²) >= 11 is 1.47. The first kappa shape index (κ1) is 16.8. The Bertz CT molecular complexity index is 1150. The average molecular weight is 378 g/mol. The zero-order chi connectivity index (χ0) is 18.6. The summed E-state index contributed by atoms with van der Waals surface area (Å²) in [5.41, 5.74) is 1.70. The zero-order valence-corrected chi connectivity index (χ0v) is 14.9. The van der Waals surface area contributed by atoms with Crippen LogP contribution in [0.2, 0.25) is 0 Å². The summed E-state index contributed by atoms with van der Waals surface area (Å²) < 4.78 is 46.8. The molecule has 1 aromatic carbocycles. The van der Waals surface area contributed by atoms with Crippen LogP contribution in [0.25, 0.3) is 27.4 Å². The van der Waals surface area contributed by atoms with Gasteiger partial charge in [-0.25, -0.2) is 4.98 Å². The van der Waals surface area contributed by atoms with Crippen molar-refractivity contribution in [2.75, 3.05) is 7.11 Å². The zero-order valence-electron chi connectivity index (χ0n) is 14.0. The highest BCUT2D eigenvalue weighted by Gasteiger charge is 2.32. The summed E-state index contributed by atoms with van der Waals surface area (Å²) in [6, 6.07) is 3.94. The normalized spacial score (nSPS) is 12.2. The van der Waals surface area contributed by atoms with Crippen molar-refractivity contribution >= 4 is 28.0 Å². The van der Waals surface area contributed by atoms with Crippen molar-refractivity contribution in [2.45, 2.75) is 20.0 Å². The summed E-state index contributed by atoms with van der Waals surface area (Å²) in [6.45, 7) is 3.69. The highest BCUT2D eigenvalue weighted by molar-refractivity contribution is 7.13. The molecule has 26 heavy (non-hydrogen) atoms. The maximum absolute atomic E-state index is 13.4. The van der Waals surface area contributed by atoms with Gasteiger partial charge in [-0.3, -0.25) is 4.40 Å². The topological polar surface area (TPSA) is 52.3 Å². The van der Waals surface area contributed by atoms with E-state index in [2.05, 4.69) is 15.2 Å². The van der Waals surface area contributed by atoms with Crippen LogP contribution in [0.4, 0.5) is 13.2 Å². The minimum Gasteiger partial charge on any atom is -0.494 e. The van der Waals surface area contributed by atoms with Crippen LogP contribution in [-0.2, 0) is 6.18 Å². The van der Waals surface area contributed by atoms with Crippen LogP contribution in [0.5, 0.6) is 5.75 Å². The Labute approximate surface area is 150 Å². The first-order valence-corrected chi connectivity index (χ1v) is 8.54. The maximum Gasteiger partial charge on any atom is 0.416 e. The third kappa shape index (κ3) is 2.42. The van der Waals surface area contributed by atoms with Crippen LogP contribution in [0, 0.1) is 13.8 Å². The largest absolute Gasteiger partial charge is 0.494 e. The Morgan fingerprint density at radius 3 is 2.54 bits per heavy atom. The number of aryl methyl sites for hydroxylation is 2. The fourth-order valence-electron chi connectivity index (χ4n) is 2.90. The van der Waals surface area contributed by atoms with E-state index in [0.29, 0.717) is 17.2 Å². The fourth-order valence-corrected chi connectivity index (χ4v) is 3.81. The van der Waals surface area contributed by atoms with E-state index in [-0.39, 0.29) is 16.8 Å². The number of fused-ring (bicyclic) bond motifs is 3. The molecule has 0 saturated carbocycles. The molecule has 0 N–H and O–H groups in total. The molecule has 4 rings (SSSR count). The lowest BCUT2D eigenvalue weighted by Gasteiger charge is -2.12. The highest BCUT2D eigenvalue weighted by atomic mass is 32.1. The van der Waals surface area contributed by atoms with Gasteiger partial charge in [-0.15, -0.1) is 21.5 Å². The van der Waals surface area contributed by atoms with Crippen molar-refractivity contribution in [1.82, 2.24) is 19.6 Å². The number of thiophene rings is 1. The molecule has 0 radical (unpaired) electrons. The van der Waals surface area contributed by atoms with Crippen LogP contribution >= 0.6 is 11.3 Å². The number of rotatable bonds is 2. The number of imidazole rings is 1. The predicted molar refractivity (Wildman–Crippen MR) is 92.6 cm³/mol. The number of methoxy groups -OCH3 is 1. The van der Waals surface area contributed by atoms with Gasteiger partial charge in [-0.05, 0) is 43.0 Å². The van der Waals surface area contributed by atoms with E-state index in [1.807, 2.05) is 18.4 Å². The van der Waals surface area contributed by atoms with E-state index in [9.17, 15) is 13.2 Å². The lowest BCUT2D eigenvalue weighted by atomic mass is 10.1. The van der Waals surface area contributed by atoms with Gasteiger partial charge in [0, 0.05) is 0 Å². The van der Waals surface area contributed by atoms with Crippen LogP contribution in [0.3, 0.4) is 0 Å². The van der Waals surface area contributed by atoms with Gasteiger partial charge in [-0.1, -0.05) is 0 Å². The Morgan fingerprint density at radius 1 is 1.15 bits per heavy atom. The lowest BCUT2D eigenvalue weighted by molar-refractivity contribution is -0.137. The molecule has 3 aromatic heterocycles. The molecular weight excluding hydrogens is 365 g/mol. The number of nitrogens with zero attached hydrogens (tertiary/aromatic N) is 4. The number of alkyl halides is 3. The summed E-state index contributed by atoms with van der Waals surface area (Å²) in [5.74, 6) is 0.565. The van der Waals surface area contributed by atoms with Crippen molar-refractivity contribution in [1.29, 1.82) is 0 Å². The molecule has 0 bridgehead atoms. The van der Waals surface area contributed by atoms with Gasteiger partial charge in [0.2, 0.25) is 0 Å². The van der Waals surface area contributed by atoms with Gasteiger partial charge in [-0.2, -0.15) is 13.2 Å². The molecule has 0 atom stereocenters. The third-order valence-electron chi connectivity index (χ3n) is 4.17. The summed E-state index contributed by atoms with van der Waals surface area (Å²) in [7, 11) is 1.31. The van der Waals surface area contributed by atoms with Gasteiger partial charge in [0.25, 0.3) is 0 Å². The Balaban J connectivity index is 2.19. The molecule has 4 aromatic rings. The van der Waals surface area contributed by atoms with Crippen LogP contribution in [-0.4, -0.2) is 26.7 Å². The van der Waals surface area contributed by atoms with Crippen molar-refractivity contribution in [2.24, 2.45) is 0 Å². The van der Waals surface area contributed by atoms with Gasteiger partial charge in [0.1, 0.15) is 5.75 Å². The second kappa shape index (κ2) is 5.66. The predicted octanol–water partition coefficient (Wildman–Crippen LogP) is 4.65. The molecule has 0 spiro atoms. The number of ether oxygens (including phenoxy) is 1. The van der Waals surface area contributed by atoms with Crippen molar-refractivity contribution < 1.29 is 17.9 Å². The first-order valence-electron chi connectivity index (χ1n) is 7.66. The molecule has 0 unspecified atom stereocenters. The number of hydrogen-bond donors (Lipinski definition) is 0. The smallest absolute Gasteiger partial charge is 0.416 e. The SMILES string of the molecule is COc1cc(C(F)(F)F)cc2c1nnc1c(C)nc(-c3sccc3C)n12. The second-order valence-electron chi connectivity index (χ2n) is 5.86. The van der Waals surface area contributed by atoms with Crippen LogP contribution in [0.15, 0.2) is 23.6 Å². The van der Waals surface area contributed by atoms with Gasteiger partial charge >= 0.3 is 6.18 Å². The molecule has 9 heteroatoms. The standard InChI is InChI=1S/C17H13F3N4OS/c1-8-4-5-26-14(8)16-21-9(2)15-23-22-13-11(24(15)16)6-10(17(18,19)20)7-12(13)25-3/h4-7H,1-3H3. The van der Waals surface area contributed by atoms with E-state index >= 15 is 0 Å².